The lowest BCUT2D eigenvalue weighted by atomic mass is 10.2. The smallest absolute Gasteiger partial charge is 0.259 e. The van der Waals surface area contributed by atoms with Gasteiger partial charge in [-0.15, -0.1) is 0 Å². The van der Waals surface area contributed by atoms with E-state index in [1.807, 2.05) is 6.92 Å². The van der Waals surface area contributed by atoms with E-state index in [4.69, 9.17) is 18.9 Å². The van der Waals surface area contributed by atoms with Crippen LogP contribution < -0.4 is 29.7 Å². The van der Waals surface area contributed by atoms with Crippen LogP contribution in [-0.4, -0.2) is 45.1 Å². The molecule has 0 saturated heterocycles. The number of amides is 2. The van der Waals surface area contributed by atoms with Gasteiger partial charge in [0.2, 0.25) is 6.79 Å². The van der Waals surface area contributed by atoms with Gasteiger partial charge >= 0.3 is 0 Å². The lowest BCUT2D eigenvalue weighted by Gasteiger charge is -2.12. The minimum atomic E-state index is -0.473. The zero-order valence-corrected chi connectivity index (χ0v) is 16.8. The second-order valence-corrected chi connectivity index (χ2v) is 6.27. The summed E-state index contributed by atoms with van der Waals surface area (Å²) in [6, 6.07) is 10.2. The van der Waals surface area contributed by atoms with E-state index in [9.17, 15) is 9.59 Å². The molecular weight excluding hydrogens is 390 g/mol. The predicted octanol–water partition coefficient (Wildman–Crippen LogP) is 2.09. The van der Waals surface area contributed by atoms with Crippen LogP contribution >= 0.6 is 0 Å². The standard InChI is InChI=1S/C21H23N3O6/c1-3-9-28-20-15(5-4-6-17(20)27-2)11-23-24-19(25)12-22-21(26)14-7-8-16-18(10-14)30-13-29-16/h4-8,10-11H,3,9,12-13H2,1-2H3,(H,22,26)(H,24,25)/b23-11+. The fourth-order valence-electron chi connectivity index (χ4n) is 2.67. The summed E-state index contributed by atoms with van der Waals surface area (Å²) in [6.07, 6.45) is 2.31. The third kappa shape index (κ3) is 5.19. The molecule has 1 aliphatic heterocycles. The molecule has 9 nitrogen and oxygen atoms in total. The van der Waals surface area contributed by atoms with E-state index in [-0.39, 0.29) is 13.3 Å². The van der Waals surface area contributed by atoms with Gasteiger partial charge in [0.15, 0.2) is 23.0 Å². The Balaban J connectivity index is 1.53. The molecule has 2 amide bonds. The summed E-state index contributed by atoms with van der Waals surface area (Å²) >= 11 is 0. The molecule has 3 rings (SSSR count). The van der Waals surface area contributed by atoms with Gasteiger partial charge in [0.1, 0.15) is 0 Å². The van der Waals surface area contributed by atoms with Crippen LogP contribution in [0.25, 0.3) is 0 Å². The zero-order chi connectivity index (χ0) is 21.3. The van der Waals surface area contributed by atoms with Crippen molar-refractivity contribution >= 4 is 18.0 Å². The van der Waals surface area contributed by atoms with Crippen LogP contribution in [0.3, 0.4) is 0 Å². The predicted molar refractivity (Wildman–Crippen MR) is 109 cm³/mol. The topological polar surface area (TPSA) is 107 Å². The normalized spacial score (nSPS) is 11.9. The lowest BCUT2D eigenvalue weighted by Crippen LogP contribution is -2.34. The molecule has 2 N–H and O–H groups in total. The number of nitrogens with one attached hydrogen (secondary N) is 2. The number of methoxy groups -OCH3 is 1. The van der Waals surface area contributed by atoms with E-state index >= 15 is 0 Å². The maximum Gasteiger partial charge on any atom is 0.259 e. The molecule has 2 aromatic rings. The molecule has 0 unspecified atom stereocenters. The molecule has 30 heavy (non-hydrogen) atoms. The number of carbonyl (C=O) groups excluding carboxylic acids is 2. The van der Waals surface area contributed by atoms with Crippen molar-refractivity contribution in [1.82, 2.24) is 10.7 Å². The number of ether oxygens (including phenoxy) is 4. The number of hydrogen-bond donors (Lipinski definition) is 2. The number of hydrazone groups is 1. The second-order valence-electron chi connectivity index (χ2n) is 6.27. The highest BCUT2D eigenvalue weighted by Gasteiger charge is 2.16. The summed E-state index contributed by atoms with van der Waals surface area (Å²) in [4.78, 5) is 24.2. The molecule has 0 bridgehead atoms. The van der Waals surface area contributed by atoms with E-state index in [1.165, 1.54) is 6.21 Å². The zero-order valence-electron chi connectivity index (χ0n) is 16.8. The monoisotopic (exact) mass is 413 g/mol. The van der Waals surface area contributed by atoms with E-state index in [0.717, 1.165) is 6.42 Å². The van der Waals surface area contributed by atoms with Crippen molar-refractivity contribution in [3.05, 3.63) is 47.5 Å². The summed E-state index contributed by atoms with van der Waals surface area (Å²) in [5.41, 5.74) is 3.40. The first kappa shape index (κ1) is 21.0. The number of nitrogens with zero attached hydrogens (tertiary/aromatic N) is 1. The molecule has 2 aromatic carbocycles. The van der Waals surface area contributed by atoms with Crippen molar-refractivity contribution < 1.29 is 28.5 Å². The fourth-order valence-corrected chi connectivity index (χ4v) is 2.67. The van der Waals surface area contributed by atoms with Gasteiger partial charge in [0.05, 0.1) is 26.5 Å². The van der Waals surface area contributed by atoms with Gasteiger partial charge in [-0.3, -0.25) is 9.59 Å². The van der Waals surface area contributed by atoms with Crippen molar-refractivity contribution in [2.75, 3.05) is 27.1 Å². The number of benzene rings is 2. The summed E-state index contributed by atoms with van der Waals surface area (Å²) < 4.78 is 21.5. The number of para-hydroxylation sites is 1. The Bertz CT molecular complexity index is 944. The maximum atomic E-state index is 12.2. The maximum absolute atomic E-state index is 12.2. The fraction of sp³-hybridized carbons (Fsp3) is 0.286. The summed E-state index contributed by atoms with van der Waals surface area (Å²) in [5, 5.41) is 6.47. The van der Waals surface area contributed by atoms with E-state index in [1.54, 1.807) is 43.5 Å². The van der Waals surface area contributed by atoms with Crippen molar-refractivity contribution in [2.45, 2.75) is 13.3 Å². The van der Waals surface area contributed by atoms with Crippen LogP contribution in [0, 0.1) is 0 Å². The quantitative estimate of drug-likeness (QED) is 0.482. The number of carbonyl (C=O) groups is 2. The van der Waals surface area contributed by atoms with Gasteiger partial charge in [0.25, 0.3) is 11.8 Å². The van der Waals surface area contributed by atoms with Crippen molar-refractivity contribution in [3.63, 3.8) is 0 Å². The van der Waals surface area contributed by atoms with Gasteiger partial charge in [0, 0.05) is 11.1 Å². The van der Waals surface area contributed by atoms with E-state index in [0.29, 0.717) is 40.7 Å². The van der Waals surface area contributed by atoms with Crippen LogP contribution in [0.1, 0.15) is 29.3 Å². The van der Waals surface area contributed by atoms with Gasteiger partial charge in [-0.1, -0.05) is 13.0 Å². The SMILES string of the molecule is CCCOc1c(/C=N/NC(=O)CNC(=O)c2ccc3c(c2)OCO3)cccc1OC. The highest BCUT2D eigenvalue weighted by atomic mass is 16.7. The molecular formula is C21H23N3O6. The van der Waals surface area contributed by atoms with Gasteiger partial charge in [-0.05, 0) is 36.8 Å². The summed E-state index contributed by atoms with van der Waals surface area (Å²) in [5.74, 6) is 1.33. The third-order valence-corrected chi connectivity index (χ3v) is 4.12. The highest BCUT2D eigenvalue weighted by Crippen LogP contribution is 2.32. The molecule has 0 aromatic heterocycles. The Morgan fingerprint density at radius 3 is 2.83 bits per heavy atom. The Morgan fingerprint density at radius 2 is 2.03 bits per heavy atom. The minimum absolute atomic E-state index is 0.124. The van der Waals surface area contributed by atoms with Crippen LogP contribution in [0.2, 0.25) is 0 Å². The molecule has 158 valence electrons. The van der Waals surface area contributed by atoms with Crippen molar-refractivity contribution in [3.8, 4) is 23.0 Å². The molecule has 0 spiro atoms. The first-order valence-electron chi connectivity index (χ1n) is 9.42. The van der Waals surface area contributed by atoms with Gasteiger partial charge < -0.3 is 24.3 Å². The Labute approximate surface area is 174 Å². The number of hydrogen-bond acceptors (Lipinski definition) is 7. The Hall–Kier alpha value is -3.75. The first-order chi connectivity index (χ1) is 14.6. The van der Waals surface area contributed by atoms with Gasteiger partial charge in [-0.25, -0.2) is 5.43 Å². The molecule has 0 aliphatic carbocycles. The summed E-state index contributed by atoms with van der Waals surface area (Å²) in [6.45, 7) is 2.42. The molecule has 0 saturated carbocycles. The van der Waals surface area contributed by atoms with Crippen LogP contribution in [0.4, 0.5) is 0 Å². The van der Waals surface area contributed by atoms with Crippen LogP contribution in [0.15, 0.2) is 41.5 Å². The highest BCUT2D eigenvalue weighted by molar-refractivity contribution is 5.97. The molecule has 0 fully saturated rings. The Kier molecular flexibility index (Phi) is 7.09. The van der Waals surface area contributed by atoms with Gasteiger partial charge in [-0.2, -0.15) is 5.10 Å². The number of rotatable bonds is 9. The van der Waals surface area contributed by atoms with Crippen LogP contribution in [-0.2, 0) is 4.79 Å². The average Bonchev–Trinajstić information content (AvgIpc) is 3.24. The van der Waals surface area contributed by atoms with E-state index < -0.39 is 11.8 Å². The molecule has 0 radical (unpaired) electrons. The van der Waals surface area contributed by atoms with Crippen LogP contribution in [0.5, 0.6) is 23.0 Å². The Morgan fingerprint density at radius 1 is 1.20 bits per heavy atom. The van der Waals surface area contributed by atoms with E-state index in [2.05, 4.69) is 15.8 Å². The first-order valence-corrected chi connectivity index (χ1v) is 9.42. The van der Waals surface area contributed by atoms with Crippen molar-refractivity contribution in [2.24, 2.45) is 5.10 Å². The third-order valence-electron chi connectivity index (χ3n) is 4.12. The largest absolute Gasteiger partial charge is 0.493 e. The summed E-state index contributed by atoms with van der Waals surface area (Å²) in [7, 11) is 1.56. The second kappa shape index (κ2) is 10.1. The molecule has 9 heteroatoms. The minimum Gasteiger partial charge on any atom is -0.493 e. The molecule has 1 heterocycles. The van der Waals surface area contributed by atoms with Crippen molar-refractivity contribution in [1.29, 1.82) is 0 Å². The lowest BCUT2D eigenvalue weighted by molar-refractivity contribution is -0.120. The number of fused-ring (bicyclic) bond motifs is 1. The molecule has 0 atom stereocenters. The molecule has 1 aliphatic rings. The average molecular weight is 413 g/mol.